The molecule has 0 saturated heterocycles. The Kier molecular flexibility index (Phi) is 6.44. The minimum atomic E-state index is -0.702. The van der Waals surface area contributed by atoms with Gasteiger partial charge < -0.3 is 20.5 Å². The fourth-order valence-electron chi connectivity index (χ4n) is 3.77. The van der Waals surface area contributed by atoms with E-state index in [0.717, 1.165) is 22.4 Å². The average Bonchev–Trinajstić information content (AvgIpc) is 3.11. The van der Waals surface area contributed by atoms with Crippen molar-refractivity contribution in [2.45, 2.75) is 24.8 Å². The predicted octanol–water partition coefficient (Wildman–Crippen LogP) is 4.45. The van der Waals surface area contributed by atoms with E-state index in [2.05, 4.69) is 10.1 Å². The van der Waals surface area contributed by atoms with Gasteiger partial charge in [0.1, 0.15) is 17.5 Å². The lowest BCUT2D eigenvalue weighted by Crippen LogP contribution is -2.33. The molecule has 1 unspecified atom stereocenters. The van der Waals surface area contributed by atoms with Gasteiger partial charge in [0.05, 0.1) is 13.0 Å². The number of ether oxygens (including phenoxy) is 2. The highest BCUT2D eigenvalue weighted by molar-refractivity contribution is 6.31. The molecule has 0 bridgehead atoms. The molecular formula is C25H23ClN2O4. The van der Waals surface area contributed by atoms with Crippen molar-refractivity contribution >= 4 is 29.2 Å². The molecule has 0 aliphatic carbocycles. The van der Waals surface area contributed by atoms with E-state index in [1.54, 1.807) is 18.2 Å². The number of carbonyl (C=O) groups is 2. The molecule has 6 nitrogen and oxygen atoms in total. The van der Waals surface area contributed by atoms with Gasteiger partial charge in [0.15, 0.2) is 0 Å². The maximum Gasteiger partial charge on any atom is 0.322 e. The van der Waals surface area contributed by atoms with Crippen LogP contribution in [0.1, 0.15) is 22.6 Å². The summed E-state index contributed by atoms with van der Waals surface area (Å²) in [4.78, 5) is 23.9. The monoisotopic (exact) mass is 450 g/mol. The van der Waals surface area contributed by atoms with Crippen LogP contribution >= 0.6 is 11.6 Å². The smallest absolute Gasteiger partial charge is 0.322 e. The van der Waals surface area contributed by atoms with Crippen LogP contribution in [0.5, 0.6) is 11.5 Å². The number of nitrogens with one attached hydrogen (secondary N) is 1. The molecule has 1 aliphatic rings. The molecule has 1 amide bonds. The molecule has 4 rings (SSSR count). The van der Waals surface area contributed by atoms with Gasteiger partial charge in [-0.3, -0.25) is 9.59 Å². The first kappa shape index (κ1) is 21.9. The summed E-state index contributed by atoms with van der Waals surface area (Å²) >= 11 is 6.51. The van der Waals surface area contributed by atoms with E-state index in [4.69, 9.17) is 22.1 Å². The third-order valence-corrected chi connectivity index (χ3v) is 5.83. The molecule has 7 heteroatoms. The first-order valence-electron chi connectivity index (χ1n) is 10.2. The van der Waals surface area contributed by atoms with Crippen LogP contribution in [0.15, 0.2) is 66.7 Å². The van der Waals surface area contributed by atoms with Gasteiger partial charge in [-0.1, -0.05) is 48.0 Å². The zero-order valence-corrected chi connectivity index (χ0v) is 18.3. The molecule has 1 heterocycles. The lowest BCUT2D eigenvalue weighted by atomic mass is 9.93. The van der Waals surface area contributed by atoms with Crippen molar-refractivity contribution in [2.75, 3.05) is 12.4 Å². The first-order valence-corrected chi connectivity index (χ1v) is 10.6. The van der Waals surface area contributed by atoms with Gasteiger partial charge in [0.25, 0.3) is 0 Å². The van der Waals surface area contributed by atoms with Crippen molar-refractivity contribution in [3.05, 3.63) is 88.4 Å². The molecule has 0 fully saturated rings. The summed E-state index contributed by atoms with van der Waals surface area (Å²) in [5, 5.41) is 3.46. The zero-order chi connectivity index (χ0) is 22.7. The van der Waals surface area contributed by atoms with E-state index in [-0.39, 0.29) is 11.8 Å². The van der Waals surface area contributed by atoms with Crippen LogP contribution in [0.25, 0.3) is 0 Å². The van der Waals surface area contributed by atoms with E-state index < -0.39 is 12.0 Å². The standard InChI is InChI=1S/C25H23ClN2O4/c1-31-25(30)22(27)12-15-6-9-17(10-7-15)32-18-11-8-16(21(26)14-18)13-20-19-4-2-3-5-23(19)28-24(20)29/h2-11,14,20,22H,12-13,27H2,1H3,(H,28,29)/t20?,22-/m1/s1. The van der Waals surface area contributed by atoms with Gasteiger partial charge in [-0.2, -0.15) is 0 Å². The summed E-state index contributed by atoms with van der Waals surface area (Å²) in [6.07, 6.45) is 0.891. The number of nitrogens with two attached hydrogens (primary N) is 1. The van der Waals surface area contributed by atoms with E-state index >= 15 is 0 Å². The molecule has 3 aromatic carbocycles. The number of amides is 1. The lowest BCUT2D eigenvalue weighted by molar-refractivity contribution is -0.142. The van der Waals surface area contributed by atoms with Crippen molar-refractivity contribution in [3.63, 3.8) is 0 Å². The minimum absolute atomic E-state index is 0.0189. The third-order valence-electron chi connectivity index (χ3n) is 5.48. The highest BCUT2D eigenvalue weighted by Gasteiger charge is 2.30. The largest absolute Gasteiger partial charge is 0.468 e. The molecule has 0 radical (unpaired) electrons. The minimum Gasteiger partial charge on any atom is -0.468 e. The number of benzene rings is 3. The van der Waals surface area contributed by atoms with Crippen molar-refractivity contribution < 1.29 is 19.1 Å². The number of anilines is 1. The Bertz CT molecular complexity index is 1150. The summed E-state index contributed by atoms with van der Waals surface area (Å²) < 4.78 is 10.6. The van der Waals surface area contributed by atoms with E-state index in [9.17, 15) is 9.59 Å². The first-order chi connectivity index (χ1) is 15.4. The average molecular weight is 451 g/mol. The Balaban J connectivity index is 1.42. The van der Waals surface area contributed by atoms with Crippen molar-refractivity contribution in [2.24, 2.45) is 5.73 Å². The summed E-state index contributed by atoms with van der Waals surface area (Å²) in [6, 6.07) is 19.8. The van der Waals surface area contributed by atoms with Gasteiger partial charge in [-0.05, 0) is 59.9 Å². The summed E-state index contributed by atoms with van der Waals surface area (Å²) in [5.41, 5.74) is 9.42. The van der Waals surface area contributed by atoms with Gasteiger partial charge in [0, 0.05) is 10.7 Å². The number of esters is 1. The number of rotatable bonds is 7. The Morgan fingerprint density at radius 1 is 1.09 bits per heavy atom. The van der Waals surface area contributed by atoms with Crippen LogP contribution in [-0.4, -0.2) is 25.0 Å². The second kappa shape index (κ2) is 9.42. The predicted molar refractivity (Wildman–Crippen MR) is 123 cm³/mol. The zero-order valence-electron chi connectivity index (χ0n) is 17.5. The summed E-state index contributed by atoms with van der Waals surface area (Å²) in [6.45, 7) is 0. The quantitative estimate of drug-likeness (QED) is 0.519. The van der Waals surface area contributed by atoms with Gasteiger partial charge in [-0.25, -0.2) is 0 Å². The normalized spacial score (nSPS) is 15.6. The fourth-order valence-corrected chi connectivity index (χ4v) is 4.02. The van der Waals surface area contributed by atoms with Crippen LogP contribution in [0, 0.1) is 0 Å². The number of carbonyl (C=O) groups excluding carboxylic acids is 2. The second-order valence-corrected chi connectivity index (χ2v) is 8.07. The van der Waals surface area contributed by atoms with Gasteiger partial charge in [0.2, 0.25) is 5.91 Å². The van der Waals surface area contributed by atoms with Crippen molar-refractivity contribution in [3.8, 4) is 11.5 Å². The molecule has 3 N–H and O–H groups in total. The summed E-state index contributed by atoms with van der Waals surface area (Å²) in [5.74, 6) is 0.495. The molecule has 2 atom stereocenters. The van der Waals surface area contributed by atoms with Gasteiger partial charge in [-0.15, -0.1) is 0 Å². The van der Waals surface area contributed by atoms with E-state index in [1.807, 2.05) is 48.5 Å². The Hall–Kier alpha value is -3.35. The van der Waals surface area contributed by atoms with Gasteiger partial charge >= 0.3 is 5.97 Å². The number of hydrogen-bond acceptors (Lipinski definition) is 5. The lowest BCUT2D eigenvalue weighted by Gasteiger charge is -2.13. The third kappa shape index (κ3) is 4.77. The van der Waals surface area contributed by atoms with E-state index in [1.165, 1.54) is 7.11 Å². The highest BCUT2D eigenvalue weighted by atomic mass is 35.5. The molecule has 0 saturated carbocycles. The molecule has 164 valence electrons. The maximum absolute atomic E-state index is 12.4. The second-order valence-electron chi connectivity index (χ2n) is 7.67. The maximum atomic E-state index is 12.4. The van der Waals surface area contributed by atoms with Crippen molar-refractivity contribution in [1.82, 2.24) is 0 Å². The number of methoxy groups -OCH3 is 1. The Morgan fingerprint density at radius 3 is 2.53 bits per heavy atom. The molecule has 0 aromatic heterocycles. The van der Waals surface area contributed by atoms with Crippen LogP contribution in [0.2, 0.25) is 5.02 Å². The van der Waals surface area contributed by atoms with Crippen LogP contribution < -0.4 is 15.8 Å². The SMILES string of the molecule is COC(=O)[C@H](N)Cc1ccc(Oc2ccc(CC3C(=O)Nc4ccccc43)c(Cl)c2)cc1. The number of halogens is 1. The van der Waals surface area contributed by atoms with Crippen LogP contribution in [0.4, 0.5) is 5.69 Å². The molecule has 3 aromatic rings. The molecule has 1 aliphatic heterocycles. The van der Waals surface area contributed by atoms with Crippen LogP contribution in [0.3, 0.4) is 0 Å². The number of para-hydroxylation sites is 1. The Labute approximate surface area is 191 Å². The Morgan fingerprint density at radius 2 is 1.81 bits per heavy atom. The summed E-state index contributed by atoms with van der Waals surface area (Å²) in [7, 11) is 1.32. The molecule has 32 heavy (non-hydrogen) atoms. The van der Waals surface area contributed by atoms with E-state index in [0.29, 0.717) is 29.4 Å². The van der Waals surface area contributed by atoms with Crippen LogP contribution in [-0.2, 0) is 27.2 Å². The number of fused-ring (bicyclic) bond motifs is 1. The van der Waals surface area contributed by atoms with Crippen molar-refractivity contribution in [1.29, 1.82) is 0 Å². The molecular weight excluding hydrogens is 428 g/mol. The number of hydrogen-bond donors (Lipinski definition) is 2. The molecule has 0 spiro atoms. The fraction of sp³-hybridized carbons (Fsp3) is 0.200. The topological polar surface area (TPSA) is 90.7 Å². The highest BCUT2D eigenvalue weighted by Crippen LogP contribution is 2.36.